The zero-order valence-corrected chi connectivity index (χ0v) is 9.76. The predicted molar refractivity (Wildman–Crippen MR) is 67.1 cm³/mol. The molecule has 0 aliphatic heterocycles. The second kappa shape index (κ2) is 3.00. The van der Waals surface area contributed by atoms with Crippen molar-refractivity contribution < 1.29 is 0 Å². The lowest BCUT2D eigenvalue weighted by Crippen LogP contribution is -2.09. The summed E-state index contributed by atoms with van der Waals surface area (Å²) in [6.45, 7) is 0. The molecular weight excluding hydrogens is 192 g/mol. The van der Waals surface area contributed by atoms with Crippen LogP contribution in [0.5, 0.6) is 0 Å². The highest BCUT2D eigenvalue weighted by atomic mass is 14.6. The van der Waals surface area contributed by atoms with Crippen molar-refractivity contribution in [2.45, 2.75) is 44.9 Å². The van der Waals surface area contributed by atoms with Gasteiger partial charge in [-0.05, 0) is 56.1 Å². The van der Waals surface area contributed by atoms with Gasteiger partial charge in [0, 0.05) is 5.41 Å². The summed E-state index contributed by atoms with van der Waals surface area (Å²) < 4.78 is 0. The molecule has 0 amide bonds. The molecule has 0 bridgehead atoms. The Morgan fingerprint density at radius 3 is 2.75 bits per heavy atom. The number of rotatable bonds is 1. The van der Waals surface area contributed by atoms with Crippen LogP contribution in [0.15, 0.2) is 46.6 Å². The predicted octanol–water partition coefficient (Wildman–Crippen LogP) is 4.46. The highest BCUT2D eigenvalue weighted by Gasteiger charge is 2.53. The van der Waals surface area contributed by atoms with Crippen molar-refractivity contribution in [3.8, 4) is 0 Å². The van der Waals surface area contributed by atoms with Crippen LogP contribution >= 0.6 is 0 Å². The third-order valence-electron chi connectivity index (χ3n) is 4.88. The zero-order chi connectivity index (χ0) is 10.6. The van der Waals surface area contributed by atoms with E-state index in [1.54, 1.807) is 22.3 Å². The first-order valence-corrected chi connectivity index (χ1v) is 6.68. The second-order valence-corrected chi connectivity index (χ2v) is 5.69. The standard InChI is InChI=1S/C16H18/c1-2-5-13-10-14(8-7-12(13)4-1)16-9-3-6-15(16)11-16/h1,4,6,10H,2-3,5,7-9,11H2/t16-/m0/s1. The average molecular weight is 210 g/mol. The largest absolute Gasteiger partial charge is 0.0843 e. The lowest BCUT2D eigenvalue weighted by molar-refractivity contribution is 0.568. The third kappa shape index (κ3) is 1.10. The fourth-order valence-electron chi connectivity index (χ4n) is 3.84. The Morgan fingerprint density at radius 1 is 0.938 bits per heavy atom. The molecule has 1 atom stereocenters. The first kappa shape index (κ1) is 9.04. The molecule has 0 aromatic rings. The van der Waals surface area contributed by atoms with Crippen LogP contribution in [0, 0.1) is 5.41 Å². The molecule has 4 aliphatic carbocycles. The Morgan fingerprint density at radius 2 is 1.94 bits per heavy atom. The van der Waals surface area contributed by atoms with Crippen LogP contribution in [0.4, 0.5) is 0 Å². The van der Waals surface area contributed by atoms with E-state index in [1.807, 2.05) is 0 Å². The van der Waals surface area contributed by atoms with Gasteiger partial charge in [-0.3, -0.25) is 0 Å². The summed E-state index contributed by atoms with van der Waals surface area (Å²) in [7, 11) is 0. The van der Waals surface area contributed by atoms with Gasteiger partial charge in [-0.15, -0.1) is 0 Å². The maximum Gasteiger partial charge on any atom is 0.0164 e. The van der Waals surface area contributed by atoms with Crippen LogP contribution in [0.25, 0.3) is 0 Å². The Labute approximate surface area is 97.4 Å². The molecule has 0 saturated heterocycles. The molecule has 1 fully saturated rings. The summed E-state index contributed by atoms with van der Waals surface area (Å²) in [6, 6.07) is 0. The van der Waals surface area contributed by atoms with Gasteiger partial charge in [0.2, 0.25) is 0 Å². The summed E-state index contributed by atoms with van der Waals surface area (Å²) in [6.07, 6.45) is 19.0. The van der Waals surface area contributed by atoms with Gasteiger partial charge < -0.3 is 0 Å². The van der Waals surface area contributed by atoms with Crippen molar-refractivity contribution >= 4 is 0 Å². The van der Waals surface area contributed by atoms with E-state index >= 15 is 0 Å². The maximum atomic E-state index is 2.56. The first-order chi connectivity index (χ1) is 7.88. The van der Waals surface area contributed by atoms with Crippen LogP contribution in [0.3, 0.4) is 0 Å². The van der Waals surface area contributed by atoms with Gasteiger partial charge in [-0.2, -0.15) is 0 Å². The van der Waals surface area contributed by atoms with Gasteiger partial charge >= 0.3 is 0 Å². The van der Waals surface area contributed by atoms with Gasteiger partial charge in [-0.25, -0.2) is 0 Å². The number of hydrogen-bond donors (Lipinski definition) is 0. The minimum absolute atomic E-state index is 0.583. The minimum atomic E-state index is 0.583. The fourth-order valence-corrected chi connectivity index (χ4v) is 3.84. The van der Waals surface area contributed by atoms with Crippen molar-refractivity contribution in [1.29, 1.82) is 0 Å². The SMILES string of the molecule is C1=CC2=C(C=C([C@@]34CCC=C3C4)CC2)CC1. The van der Waals surface area contributed by atoms with E-state index in [4.69, 9.17) is 0 Å². The molecule has 82 valence electrons. The molecule has 0 N–H and O–H groups in total. The minimum Gasteiger partial charge on any atom is -0.0843 e. The lowest BCUT2D eigenvalue weighted by Gasteiger charge is -2.25. The van der Waals surface area contributed by atoms with Crippen molar-refractivity contribution in [3.63, 3.8) is 0 Å². The maximum absolute atomic E-state index is 2.56. The summed E-state index contributed by atoms with van der Waals surface area (Å²) in [5.74, 6) is 0. The molecular formula is C16H18. The quantitative estimate of drug-likeness (QED) is 0.560. The summed E-state index contributed by atoms with van der Waals surface area (Å²) in [4.78, 5) is 0. The summed E-state index contributed by atoms with van der Waals surface area (Å²) in [5, 5.41) is 0. The van der Waals surface area contributed by atoms with Crippen LogP contribution in [-0.4, -0.2) is 0 Å². The van der Waals surface area contributed by atoms with Gasteiger partial charge in [0.1, 0.15) is 0 Å². The monoisotopic (exact) mass is 210 g/mol. The van der Waals surface area contributed by atoms with E-state index in [-0.39, 0.29) is 0 Å². The Balaban J connectivity index is 1.72. The van der Waals surface area contributed by atoms with Gasteiger partial charge in [0.15, 0.2) is 0 Å². The van der Waals surface area contributed by atoms with Crippen molar-refractivity contribution in [3.05, 3.63) is 46.6 Å². The normalized spacial score (nSPS) is 35.5. The molecule has 0 radical (unpaired) electrons. The summed E-state index contributed by atoms with van der Waals surface area (Å²) in [5.41, 5.74) is 7.38. The van der Waals surface area contributed by atoms with Crippen LogP contribution in [-0.2, 0) is 0 Å². The fraction of sp³-hybridized carbons (Fsp3) is 0.500. The molecule has 1 saturated carbocycles. The molecule has 0 heteroatoms. The molecule has 0 aromatic carbocycles. The number of allylic oxidation sites excluding steroid dienone is 8. The van der Waals surface area contributed by atoms with Crippen molar-refractivity contribution in [2.75, 3.05) is 0 Å². The second-order valence-electron chi connectivity index (χ2n) is 5.69. The molecule has 0 heterocycles. The van der Waals surface area contributed by atoms with E-state index in [1.165, 1.54) is 44.9 Å². The van der Waals surface area contributed by atoms with E-state index in [0.29, 0.717) is 5.41 Å². The number of hydrogen-bond acceptors (Lipinski definition) is 0. The molecule has 0 aromatic heterocycles. The Hall–Kier alpha value is -1.04. The topological polar surface area (TPSA) is 0 Å². The van der Waals surface area contributed by atoms with E-state index in [0.717, 1.165) is 0 Å². The van der Waals surface area contributed by atoms with Gasteiger partial charge in [0.25, 0.3) is 0 Å². The van der Waals surface area contributed by atoms with E-state index in [9.17, 15) is 0 Å². The highest BCUT2D eigenvalue weighted by molar-refractivity contribution is 5.53. The molecule has 4 rings (SSSR count). The van der Waals surface area contributed by atoms with E-state index < -0.39 is 0 Å². The van der Waals surface area contributed by atoms with Crippen molar-refractivity contribution in [1.82, 2.24) is 0 Å². The number of fused-ring (bicyclic) bond motifs is 1. The molecule has 16 heavy (non-hydrogen) atoms. The molecule has 4 aliphatic rings. The van der Waals surface area contributed by atoms with Crippen LogP contribution in [0.2, 0.25) is 0 Å². The Kier molecular flexibility index (Phi) is 1.69. The highest BCUT2D eigenvalue weighted by Crippen LogP contribution is 2.66. The zero-order valence-electron chi connectivity index (χ0n) is 9.76. The average Bonchev–Trinajstić information content (AvgIpc) is 2.92. The van der Waals surface area contributed by atoms with E-state index in [2.05, 4.69) is 24.3 Å². The molecule has 0 nitrogen and oxygen atoms in total. The third-order valence-corrected chi connectivity index (χ3v) is 4.88. The first-order valence-electron chi connectivity index (χ1n) is 6.68. The van der Waals surface area contributed by atoms with Crippen LogP contribution in [0.1, 0.15) is 44.9 Å². The Bertz CT molecular complexity index is 470. The lowest BCUT2D eigenvalue weighted by atomic mass is 9.80. The molecule has 0 unspecified atom stereocenters. The summed E-state index contributed by atoms with van der Waals surface area (Å²) >= 11 is 0. The van der Waals surface area contributed by atoms with Gasteiger partial charge in [-0.1, -0.05) is 35.5 Å². The van der Waals surface area contributed by atoms with Gasteiger partial charge in [0.05, 0.1) is 0 Å². The van der Waals surface area contributed by atoms with Crippen LogP contribution < -0.4 is 0 Å². The molecule has 0 spiro atoms. The van der Waals surface area contributed by atoms with Crippen molar-refractivity contribution in [2.24, 2.45) is 5.41 Å². The smallest absolute Gasteiger partial charge is 0.0164 e.